The van der Waals surface area contributed by atoms with E-state index in [1.165, 1.54) is 6.07 Å². The molecule has 2 fully saturated rings. The molecule has 2 aliphatic heterocycles. The Morgan fingerprint density at radius 3 is 2.81 bits per heavy atom. The van der Waals surface area contributed by atoms with E-state index >= 15 is 0 Å². The lowest BCUT2D eigenvalue weighted by Crippen LogP contribution is -2.52. The van der Waals surface area contributed by atoms with Gasteiger partial charge in [-0.05, 0) is 49.2 Å². The first-order chi connectivity index (χ1) is 15.2. The Bertz CT molecular complexity index is 1030. The van der Waals surface area contributed by atoms with Gasteiger partial charge < -0.3 is 9.80 Å². The molecule has 8 heteroatoms. The normalized spacial score (nSPS) is 20.4. The fraction of sp³-hybridized carbons (Fsp3) is 0.435. The molecule has 162 valence electrons. The van der Waals surface area contributed by atoms with E-state index in [1.54, 1.807) is 29.7 Å². The molecule has 0 radical (unpaired) electrons. The predicted octanol–water partition coefficient (Wildman–Crippen LogP) is 3.39. The highest BCUT2D eigenvalue weighted by Gasteiger charge is 2.31. The number of amides is 1. The summed E-state index contributed by atoms with van der Waals surface area (Å²) in [7, 11) is 0. The van der Waals surface area contributed by atoms with Crippen LogP contribution in [0.3, 0.4) is 0 Å². The molecular formula is C23H26FN5OS. The minimum absolute atomic E-state index is 0.0283. The van der Waals surface area contributed by atoms with Crippen LogP contribution in [0.25, 0.3) is 10.3 Å². The highest BCUT2D eigenvalue weighted by Crippen LogP contribution is 2.28. The summed E-state index contributed by atoms with van der Waals surface area (Å²) in [4.78, 5) is 29.8. The van der Waals surface area contributed by atoms with E-state index in [4.69, 9.17) is 4.98 Å². The van der Waals surface area contributed by atoms with Crippen LogP contribution in [0, 0.1) is 11.7 Å². The lowest BCUT2D eigenvalue weighted by molar-refractivity contribution is -0.137. The molecule has 2 saturated heterocycles. The van der Waals surface area contributed by atoms with Crippen molar-refractivity contribution in [2.45, 2.75) is 19.4 Å². The standard InChI is InChI=1S/C23H26FN5OS/c24-19-6-1-4-17(14-19)15-27-9-3-5-18(16-27)22(30)28-10-12-29(13-11-28)23-26-20-7-2-8-25-21(20)31-23/h1-2,4,6-8,14,18H,3,5,9-13,15-16H2. The molecule has 4 heterocycles. The first kappa shape index (κ1) is 20.3. The Balaban J connectivity index is 1.17. The van der Waals surface area contributed by atoms with Crippen molar-refractivity contribution in [3.05, 3.63) is 54.0 Å². The second-order valence-corrected chi connectivity index (χ2v) is 9.30. The molecule has 1 amide bonds. The molecule has 1 unspecified atom stereocenters. The second-order valence-electron chi connectivity index (χ2n) is 8.34. The number of fused-ring (bicyclic) bond motifs is 1. The molecule has 2 aliphatic rings. The summed E-state index contributed by atoms with van der Waals surface area (Å²) in [6.45, 7) is 5.45. The molecule has 1 atom stereocenters. The maximum Gasteiger partial charge on any atom is 0.227 e. The van der Waals surface area contributed by atoms with Gasteiger partial charge in [-0.2, -0.15) is 0 Å². The average Bonchev–Trinajstić information content (AvgIpc) is 3.23. The number of likely N-dealkylation sites (tertiary alicyclic amines) is 1. The van der Waals surface area contributed by atoms with Crippen molar-refractivity contribution < 1.29 is 9.18 Å². The molecule has 5 rings (SSSR count). The fourth-order valence-corrected chi connectivity index (χ4v) is 5.52. The van der Waals surface area contributed by atoms with Crippen molar-refractivity contribution in [2.24, 2.45) is 5.92 Å². The first-order valence-electron chi connectivity index (χ1n) is 10.9. The maximum absolute atomic E-state index is 13.5. The number of aromatic nitrogens is 2. The Hall–Kier alpha value is -2.58. The van der Waals surface area contributed by atoms with E-state index in [9.17, 15) is 9.18 Å². The number of carbonyl (C=O) groups is 1. The van der Waals surface area contributed by atoms with Gasteiger partial charge in [0.15, 0.2) is 5.13 Å². The van der Waals surface area contributed by atoms with E-state index in [1.807, 2.05) is 23.1 Å². The number of nitrogens with zero attached hydrogens (tertiary/aromatic N) is 5. The number of benzene rings is 1. The molecule has 31 heavy (non-hydrogen) atoms. The molecule has 0 aliphatic carbocycles. The summed E-state index contributed by atoms with van der Waals surface area (Å²) in [5.74, 6) is 0.0824. The van der Waals surface area contributed by atoms with E-state index < -0.39 is 0 Å². The minimum atomic E-state index is -0.205. The number of rotatable bonds is 4. The molecular weight excluding hydrogens is 413 g/mol. The van der Waals surface area contributed by atoms with Crippen LogP contribution in [0.15, 0.2) is 42.6 Å². The fourth-order valence-electron chi connectivity index (χ4n) is 4.56. The SMILES string of the molecule is O=C(C1CCCN(Cc2cccc(F)c2)C1)N1CCN(c2nc3cccnc3s2)CC1. The zero-order valence-electron chi connectivity index (χ0n) is 17.4. The molecule has 3 aromatic rings. The Labute approximate surface area is 185 Å². The van der Waals surface area contributed by atoms with E-state index in [-0.39, 0.29) is 17.6 Å². The molecule has 0 N–H and O–H groups in total. The van der Waals surface area contributed by atoms with Crippen molar-refractivity contribution in [1.29, 1.82) is 0 Å². The summed E-state index contributed by atoms with van der Waals surface area (Å²) >= 11 is 1.61. The number of carbonyl (C=O) groups excluding carboxylic acids is 1. The highest BCUT2D eigenvalue weighted by atomic mass is 32.1. The minimum Gasteiger partial charge on any atom is -0.344 e. The van der Waals surface area contributed by atoms with Crippen LogP contribution >= 0.6 is 11.3 Å². The lowest BCUT2D eigenvalue weighted by Gasteiger charge is -2.39. The number of piperidine rings is 1. The molecule has 0 bridgehead atoms. The summed E-state index contributed by atoms with van der Waals surface area (Å²) in [5, 5.41) is 0.986. The third-order valence-electron chi connectivity index (χ3n) is 6.17. The first-order valence-corrected chi connectivity index (χ1v) is 11.7. The van der Waals surface area contributed by atoms with Gasteiger partial charge in [-0.3, -0.25) is 9.69 Å². The number of hydrogen-bond donors (Lipinski definition) is 0. The highest BCUT2D eigenvalue weighted by molar-refractivity contribution is 7.21. The van der Waals surface area contributed by atoms with E-state index in [0.717, 1.165) is 73.2 Å². The van der Waals surface area contributed by atoms with Crippen molar-refractivity contribution in [3.63, 3.8) is 0 Å². The van der Waals surface area contributed by atoms with Crippen molar-refractivity contribution in [1.82, 2.24) is 19.8 Å². The largest absolute Gasteiger partial charge is 0.344 e. The van der Waals surface area contributed by atoms with Crippen LogP contribution in [0.2, 0.25) is 0 Å². The van der Waals surface area contributed by atoms with Crippen LogP contribution in [-0.4, -0.2) is 64.9 Å². The maximum atomic E-state index is 13.5. The molecule has 0 spiro atoms. The van der Waals surface area contributed by atoms with Crippen LogP contribution in [0.1, 0.15) is 18.4 Å². The number of halogens is 1. The Morgan fingerprint density at radius 2 is 2.00 bits per heavy atom. The number of hydrogen-bond acceptors (Lipinski definition) is 6. The quantitative estimate of drug-likeness (QED) is 0.624. The Morgan fingerprint density at radius 1 is 1.13 bits per heavy atom. The zero-order chi connectivity index (χ0) is 21.2. The van der Waals surface area contributed by atoms with Gasteiger partial charge in [0, 0.05) is 45.5 Å². The summed E-state index contributed by atoms with van der Waals surface area (Å²) in [5.41, 5.74) is 1.90. The van der Waals surface area contributed by atoms with Gasteiger partial charge in [0.1, 0.15) is 16.2 Å². The smallest absolute Gasteiger partial charge is 0.227 e. The van der Waals surface area contributed by atoms with Crippen LogP contribution in [0.5, 0.6) is 0 Å². The monoisotopic (exact) mass is 439 g/mol. The summed E-state index contributed by atoms with van der Waals surface area (Å²) in [6, 6.07) is 10.6. The number of piperazine rings is 1. The predicted molar refractivity (Wildman–Crippen MR) is 121 cm³/mol. The Kier molecular flexibility index (Phi) is 5.82. The van der Waals surface area contributed by atoms with Crippen LogP contribution < -0.4 is 4.90 Å². The molecule has 0 saturated carbocycles. The zero-order valence-corrected chi connectivity index (χ0v) is 18.2. The second kappa shape index (κ2) is 8.88. The number of thiazole rings is 1. The van der Waals surface area contributed by atoms with Crippen LogP contribution in [-0.2, 0) is 11.3 Å². The van der Waals surface area contributed by atoms with Gasteiger partial charge in [0.05, 0.1) is 5.92 Å². The van der Waals surface area contributed by atoms with Gasteiger partial charge in [-0.15, -0.1) is 0 Å². The molecule has 2 aromatic heterocycles. The van der Waals surface area contributed by atoms with Crippen LogP contribution in [0.4, 0.5) is 9.52 Å². The van der Waals surface area contributed by atoms with E-state index in [2.05, 4.69) is 14.8 Å². The molecule has 6 nitrogen and oxygen atoms in total. The van der Waals surface area contributed by atoms with Gasteiger partial charge in [-0.25, -0.2) is 14.4 Å². The van der Waals surface area contributed by atoms with Gasteiger partial charge in [0.25, 0.3) is 0 Å². The van der Waals surface area contributed by atoms with Crippen molar-refractivity contribution in [3.8, 4) is 0 Å². The van der Waals surface area contributed by atoms with E-state index in [0.29, 0.717) is 6.54 Å². The summed E-state index contributed by atoms with van der Waals surface area (Å²) < 4.78 is 13.5. The number of pyridine rings is 1. The van der Waals surface area contributed by atoms with Gasteiger partial charge in [0.2, 0.25) is 5.91 Å². The van der Waals surface area contributed by atoms with Crippen molar-refractivity contribution >= 4 is 32.7 Å². The summed E-state index contributed by atoms with van der Waals surface area (Å²) in [6.07, 6.45) is 3.73. The topological polar surface area (TPSA) is 52.6 Å². The third-order valence-corrected chi connectivity index (χ3v) is 7.21. The van der Waals surface area contributed by atoms with Gasteiger partial charge >= 0.3 is 0 Å². The lowest BCUT2D eigenvalue weighted by atomic mass is 9.95. The van der Waals surface area contributed by atoms with Gasteiger partial charge in [-0.1, -0.05) is 23.5 Å². The third kappa shape index (κ3) is 4.55. The van der Waals surface area contributed by atoms with Crippen molar-refractivity contribution in [2.75, 3.05) is 44.2 Å². The molecule has 1 aromatic carbocycles. The average molecular weight is 440 g/mol. The number of anilines is 1.